The molecule has 0 aromatic carbocycles. The van der Waals surface area contributed by atoms with Crippen molar-refractivity contribution in [3.8, 4) is 5.75 Å². The maximum atomic E-state index is 11.2. The summed E-state index contributed by atoms with van der Waals surface area (Å²) in [6.07, 6.45) is 0.794. The second-order valence-electron chi connectivity index (χ2n) is 3.55. The molecule has 0 bridgehead atoms. The highest BCUT2D eigenvalue weighted by Crippen LogP contribution is 2.18. The molecule has 4 nitrogen and oxygen atoms in total. The van der Waals surface area contributed by atoms with Gasteiger partial charge in [-0.1, -0.05) is 22.9 Å². The summed E-state index contributed by atoms with van der Waals surface area (Å²) in [5.41, 5.74) is 1.85. The first-order chi connectivity index (χ1) is 8.08. The Balaban J connectivity index is 2.66. The number of aromatic nitrogens is 1. The summed E-state index contributed by atoms with van der Waals surface area (Å²) in [4.78, 5) is 15.1. The van der Waals surface area contributed by atoms with Gasteiger partial charge >= 0.3 is 5.97 Å². The van der Waals surface area contributed by atoms with Crippen LogP contribution in [0.2, 0.25) is 0 Å². The molecule has 1 rings (SSSR count). The number of methoxy groups -OCH3 is 1. The topological polar surface area (TPSA) is 48.4 Å². The Labute approximate surface area is 109 Å². The van der Waals surface area contributed by atoms with Crippen LogP contribution in [0.15, 0.2) is 12.1 Å². The number of pyridine rings is 1. The molecule has 5 heteroatoms. The predicted octanol–water partition coefficient (Wildman–Crippen LogP) is 2.27. The number of esters is 1. The van der Waals surface area contributed by atoms with Crippen LogP contribution in [-0.2, 0) is 16.0 Å². The van der Waals surface area contributed by atoms with Crippen LogP contribution in [0, 0.1) is 6.92 Å². The Kier molecular flexibility index (Phi) is 5.41. The van der Waals surface area contributed by atoms with E-state index in [1.807, 2.05) is 26.0 Å². The standard InChI is InChI=1S/C12H16BrNO3/c1-4-10-11(6-5-8(2)14-10)17-7-9(13)12(15)16-3/h5-6,9H,4,7H2,1-3H3. The second-order valence-corrected chi connectivity index (χ2v) is 4.66. The molecule has 0 amide bonds. The number of rotatable bonds is 5. The van der Waals surface area contributed by atoms with Crippen LogP contribution in [0.5, 0.6) is 5.75 Å². The molecule has 1 unspecified atom stereocenters. The third-order valence-electron chi connectivity index (χ3n) is 2.25. The van der Waals surface area contributed by atoms with Crippen molar-refractivity contribution in [2.24, 2.45) is 0 Å². The van der Waals surface area contributed by atoms with Crippen molar-refractivity contribution in [2.45, 2.75) is 25.1 Å². The molecule has 94 valence electrons. The summed E-state index contributed by atoms with van der Waals surface area (Å²) in [5.74, 6) is 0.370. The lowest BCUT2D eigenvalue weighted by atomic mass is 10.2. The number of nitrogens with zero attached hydrogens (tertiary/aromatic N) is 1. The summed E-state index contributed by atoms with van der Waals surface area (Å²) in [6, 6.07) is 3.76. The van der Waals surface area contributed by atoms with Crippen molar-refractivity contribution in [1.82, 2.24) is 4.98 Å². The number of carbonyl (C=O) groups is 1. The van der Waals surface area contributed by atoms with Crippen molar-refractivity contribution < 1.29 is 14.3 Å². The fourth-order valence-electron chi connectivity index (χ4n) is 1.34. The van der Waals surface area contributed by atoms with Crippen LogP contribution in [0.4, 0.5) is 0 Å². The van der Waals surface area contributed by atoms with Crippen LogP contribution in [0.3, 0.4) is 0 Å². The highest BCUT2D eigenvalue weighted by atomic mass is 79.9. The van der Waals surface area contributed by atoms with Crippen LogP contribution >= 0.6 is 15.9 Å². The molecular formula is C12H16BrNO3. The minimum absolute atomic E-state index is 0.227. The normalized spacial score (nSPS) is 12.0. The van der Waals surface area contributed by atoms with Crippen LogP contribution < -0.4 is 4.74 Å². The van der Waals surface area contributed by atoms with Gasteiger partial charge < -0.3 is 9.47 Å². The Morgan fingerprint density at radius 3 is 2.82 bits per heavy atom. The second kappa shape index (κ2) is 6.59. The van der Waals surface area contributed by atoms with Crippen LogP contribution in [-0.4, -0.2) is 29.5 Å². The van der Waals surface area contributed by atoms with E-state index in [1.165, 1.54) is 7.11 Å². The largest absolute Gasteiger partial charge is 0.490 e. The molecule has 0 aliphatic carbocycles. The van der Waals surface area contributed by atoms with Gasteiger partial charge in [-0.2, -0.15) is 0 Å². The fourth-order valence-corrected chi connectivity index (χ4v) is 1.66. The molecule has 17 heavy (non-hydrogen) atoms. The molecule has 1 aromatic heterocycles. The fraction of sp³-hybridized carbons (Fsp3) is 0.500. The van der Waals surface area contributed by atoms with E-state index in [-0.39, 0.29) is 12.6 Å². The molecule has 1 aromatic rings. The van der Waals surface area contributed by atoms with Crippen molar-refractivity contribution >= 4 is 21.9 Å². The molecule has 1 atom stereocenters. The van der Waals surface area contributed by atoms with Gasteiger partial charge in [0.1, 0.15) is 17.2 Å². The number of alkyl halides is 1. The first kappa shape index (κ1) is 14.0. The average molecular weight is 302 g/mol. The first-order valence-corrected chi connectivity index (χ1v) is 6.31. The van der Waals surface area contributed by atoms with Gasteiger partial charge in [-0.15, -0.1) is 0 Å². The van der Waals surface area contributed by atoms with E-state index >= 15 is 0 Å². The van der Waals surface area contributed by atoms with E-state index in [9.17, 15) is 4.79 Å². The van der Waals surface area contributed by atoms with Crippen molar-refractivity contribution in [3.05, 3.63) is 23.5 Å². The van der Waals surface area contributed by atoms with Crippen molar-refractivity contribution in [1.29, 1.82) is 0 Å². The number of ether oxygens (including phenoxy) is 2. The summed E-state index contributed by atoms with van der Waals surface area (Å²) >= 11 is 3.20. The molecule has 0 fully saturated rings. The molecular weight excluding hydrogens is 286 g/mol. The van der Waals surface area contributed by atoms with Gasteiger partial charge in [-0.25, -0.2) is 0 Å². The van der Waals surface area contributed by atoms with Crippen molar-refractivity contribution in [3.63, 3.8) is 0 Å². The zero-order valence-corrected chi connectivity index (χ0v) is 11.8. The van der Waals surface area contributed by atoms with Gasteiger partial charge in [-0.05, 0) is 25.5 Å². The zero-order chi connectivity index (χ0) is 12.8. The van der Waals surface area contributed by atoms with Crippen LogP contribution in [0.25, 0.3) is 0 Å². The third-order valence-corrected chi connectivity index (χ3v) is 2.89. The predicted molar refractivity (Wildman–Crippen MR) is 68.6 cm³/mol. The Bertz CT molecular complexity index is 395. The zero-order valence-electron chi connectivity index (χ0n) is 10.2. The van der Waals surface area contributed by atoms with E-state index in [2.05, 4.69) is 25.7 Å². The maximum absolute atomic E-state index is 11.2. The summed E-state index contributed by atoms with van der Waals surface area (Å²) in [6.45, 7) is 4.18. The van der Waals surface area contributed by atoms with E-state index in [4.69, 9.17) is 4.74 Å². The van der Waals surface area contributed by atoms with Gasteiger partial charge in [0.05, 0.1) is 12.8 Å². The Morgan fingerprint density at radius 2 is 2.24 bits per heavy atom. The summed E-state index contributed by atoms with van der Waals surface area (Å²) in [7, 11) is 1.35. The monoisotopic (exact) mass is 301 g/mol. The highest BCUT2D eigenvalue weighted by molar-refractivity contribution is 9.10. The van der Waals surface area contributed by atoms with Crippen LogP contribution in [0.1, 0.15) is 18.3 Å². The van der Waals surface area contributed by atoms with Gasteiger partial charge in [0, 0.05) is 5.69 Å². The summed E-state index contributed by atoms with van der Waals surface area (Å²) in [5, 5.41) is 0. The molecule has 0 spiro atoms. The quantitative estimate of drug-likeness (QED) is 0.618. The highest BCUT2D eigenvalue weighted by Gasteiger charge is 2.16. The van der Waals surface area contributed by atoms with Gasteiger partial charge in [0.25, 0.3) is 0 Å². The lowest BCUT2D eigenvalue weighted by molar-refractivity contribution is -0.140. The minimum Gasteiger partial charge on any atom is -0.490 e. The molecule has 0 radical (unpaired) electrons. The number of aryl methyl sites for hydroxylation is 2. The molecule has 0 N–H and O–H groups in total. The SMILES string of the molecule is CCc1nc(C)ccc1OCC(Br)C(=O)OC. The number of hydrogen-bond acceptors (Lipinski definition) is 4. The van der Waals surface area contributed by atoms with E-state index in [0.29, 0.717) is 5.75 Å². The van der Waals surface area contributed by atoms with E-state index < -0.39 is 4.83 Å². The number of carbonyl (C=O) groups excluding carboxylic acids is 1. The molecule has 0 aliphatic rings. The lowest BCUT2D eigenvalue weighted by Gasteiger charge is -2.12. The van der Waals surface area contributed by atoms with E-state index in [0.717, 1.165) is 17.8 Å². The summed E-state index contributed by atoms with van der Waals surface area (Å²) < 4.78 is 10.2. The molecule has 0 aliphatic heterocycles. The smallest absolute Gasteiger partial charge is 0.322 e. The van der Waals surface area contributed by atoms with E-state index in [1.54, 1.807) is 0 Å². The van der Waals surface area contributed by atoms with Gasteiger partial charge in [-0.3, -0.25) is 9.78 Å². The number of hydrogen-bond donors (Lipinski definition) is 0. The Hall–Kier alpha value is -1.10. The molecule has 0 saturated heterocycles. The van der Waals surface area contributed by atoms with Gasteiger partial charge in [0.15, 0.2) is 0 Å². The number of halogens is 1. The first-order valence-electron chi connectivity index (χ1n) is 5.39. The average Bonchev–Trinajstić information content (AvgIpc) is 2.35. The van der Waals surface area contributed by atoms with Gasteiger partial charge in [0.2, 0.25) is 0 Å². The molecule has 0 saturated carbocycles. The third kappa shape index (κ3) is 4.00. The lowest BCUT2D eigenvalue weighted by Crippen LogP contribution is -2.23. The Morgan fingerprint density at radius 1 is 1.53 bits per heavy atom. The van der Waals surface area contributed by atoms with Crippen molar-refractivity contribution in [2.75, 3.05) is 13.7 Å². The molecule has 1 heterocycles. The maximum Gasteiger partial charge on any atom is 0.322 e. The minimum atomic E-state index is -0.460.